The second kappa shape index (κ2) is 7.61. The van der Waals surface area contributed by atoms with E-state index in [-0.39, 0.29) is 5.82 Å². The highest BCUT2D eigenvalue weighted by Gasteiger charge is 2.12. The molecular formula is C19H22FN5O. The number of aliphatic hydroxyl groups is 1. The first-order valence-electron chi connectivity index (χ1n) is 8.50. The summed E-state index contributed by atoms with van der Waals surface area (Å²) in [5, 5.41) is 14.3. The van der Waals surface area contributed by atoms with Gasteiger partial charge in [0.25, 0.3) is 0 Å². The van der Waals surface area contributed by atoms with Crippen molar-refractivity contribution in [2.24, 2.45) is 0 Å². The molecule has 1 atom stereocenters. The Hall–Kier alpha value is -2.80. The zero-order valence-corrected chi connectivity index (χ0v) is 15.1. The van der Waals surface area contributed by atoms with Gasteiger partial charge in [0, 0.05) is 31.4 Å². The number of rotatable bonds is 6. The Morgan fingerprint density at radius 1 is 1.23 bits per heavy atom. The number of nitrogens with zero attached hydrogens (tertiary/aromatic N) is 5. The number of anilines is 1. The second-order valence-corrected chi connectivity index (χ2v) is 6.33. The molecule has 0 aliphatic rings. The molecule has 0 aliphatic heterocycles. The number of aromatic nitrogens is 4. The summed E-state index contributed by atoms with van der Waals surface area (Å²) in [7, 11) is 3.48. The maximum atomic E-state index is 13.8. The predicted molar refractivity (Wildman–Crippen MR) is 99.3 cm³/mol. The third kappa shape index (κ3) is 3.88. The predicted octanol–water partition coefficient (Wildman–Crippen LogP) is 2.98. The SMILES string of the molecule is CCC(O)Cn1ccc(-c2cccc(-c3ncc(F)c(N(C)C)n3)c2)n1. The molecule has 3 rings (SSSR count). The van der Waals surface area contributed by atoms with Gasteiger partial charge in [0.2, 0.25) is 0 Å². The Balaban J connectivity index is 1.91. The summed E-state index contributed by atoms with van der Waals surface area (Å²) in [5.41, 5.74) is 2.49. The van der Waals surface area contributed by atoms with Crippen LogP contribution in [0.5, 0.6) is 0 Å². The summed E-state index contributed by atoms with van der Waals surface area (Å²) in [6.45, 7) is 2.40. The molecule has 136 valence electrons. The van der Waals surface area contributed by atoms with Crippen molar-refractivity contribution in [2.45, 2.75) is 26.0 Å². The van der Waals surface area contributed by atoms with Gasteiger partial charge in [-0.3, -0.25) is 4.68 Å². The lowest BCUT2D eigenvalue weighted by Crippen LogP contribution is -2.14. The fourth-order valence-corrected chi connectivity index (χ4v) is 2.59. The third-order valence-corrected chi connectivity index (χ3v) is 4.08. The van der Waals surface area contributed by atoms with Crippen molar-refractivity contribution in [1.82, 2.24) is 19.7 Å². The Morgan fingerprint density at radius 2 is 2.00 bits per heavy atom. The average Bonchev–Trinajstić information content (AvgIpc) is 3.10. The van der Waals surface area contributed by atoms with Gasteiger partial charge in [0.1, 0.15) is 0 Å². The van der Waals surface area contributed by atoms with Crippen LogP contribution in [-0.4, -0.2) is 45.1 Å². The van der Waals surface area contributed by atoms with Crippen LogP contribution in [0, 0.1) is 5.82 Å². The maximum Gasteiger partial charge on any atom is 0.183 e. The minimum absolute atomic E-state index is 0.248. The van der Waals surface area contributed by atoms with Crippen molar-refractivity contribution < 1.29 is 9.50 Å². The van der Waals surface area contributed by atoms with Crippen LogP contribution < -0.4 is 4.90 Å². The minimum atomic E-state index is -0.455. The van der Waals surface area contributed by atoms with Crippen LogP contribution in [0.25, 0.3) is 22.6 Å². The van der Waals surface area contributed by atoms with Crippen molar-refractivity contribution in [1.29, 1.82) is 0 Å². The lowest BCUT2D eigenvalue weighted by Gasteiger charge is -2.13. The molecule has 6 nitrogen and oxygen atoms in total. The average molecular weight is 355 g/mol. The van der Waals surface area contributed by atoms with Gasteiger partial charge in [-0.1, -0.05) is 25.1 Å². The molecule has 3 aromatic rings. The molecule has 0 amide bonds. The van der Waals surface area contributed by atoms with E-state index in [9.17, 15) is 9.50 Å². The van der Waals surface area contributed by atoms with Crippen LogP contribution >= 0.6 is 0 Å². The van der Waals surface area contributed by atoms with Gasteiger partial charge in [-0.15, -0.1) is 0 Å². The molecule has 0 saturated heterocycles. The normalized spacial score (nSPS) is 12.2. The molecule has 0 saturated carbocycles. The maximum absolute atomic E-state index is 13.8. The summed E-state index contributed by atoms with van der Waals surface area (Å²) < 4.78 is 15.5. The van der Waals surface area contributed by atoms with Gasteiger partial charge in [-0.25, -0.2) is 14.4 Å². The Kier molecular flexibility index (Phi) is 5.27. The van der Waals surface area contributed by atoms with Crippen molar-refractivity contribution in [3.8, 4) is 22.6 Å². The number of hydrogen-bond donors (Lipinski definition) is 1. The van der Waals surface area contributed by atoms with E-state index in [0.717, 1.165) is 16.8 Å². The van der Waals surface area contributed by atoms with E-state index in [0.29, 0.717) is 18.8 Å². The second-order valence-electron chi connectivity index (χ2n) is 6.33. The molecule has 1 aromatic carbocycles. The Bertz CT molecular complexity index is 893. The van der Waals surface area contributed by atoms with E-state index < -0.39 is 11.9 Å². The van der Waals surface area contributed by atoms with Gasteiger partial charge in [-0.05, 0) is 18.6 Å². The summed E-state index contributed by atoms with van der Waals surface area (Å²) in [6.07, 6.45) is 3.30. The first-order valence-corrected chi connectivity index (χ1v) is 8.50. The molecule has 0 fully saturated rings. The van der Waals surface area contributed by atoms with Gasteiger partial charge in [-0.2, -0.15) is 5.10 Å². The van der Waals surface area contributed by atoms with Gasteiger partial charge >= 0.3 is 0 Å². The quantitative estimate of drug-likeness (QED) is 0.736. The summed E-state index contributed by atoms with van der Waals surface area (Å²) in [4.78, 5) is 10.0. The summed E-state index contributed by atoms with van der Waals surface area (Å²) in [6, 6.07) is 9.55. The highest BCUT2D eigenvalue weighted by Crippen LogP contribution is 2.25. The van der Waals surface area contributed by atoms with E-state index in [1.165, 1.54) is 6.20 Å². The standard InChI is InChI=1S/C19H22FN5O/c1-4-15(26)12-25-9-8-17(23-25)13-6-5-7-14(10-13)18-21-11-16(20)19(22-18)24(2)3/h5-11,15,26H,4,12H2,1-3H3. The van der Waals surface area contributed by atoms with E-state index in [2.05, 4.69) is 15.1 Å². The lowest BCUT2D eigenvalue weighted by molar-refractivity contribution is 0.145. The van der Waals surface area contributed by atoms with Gasteiger partial charge in [0.05, 0.1) is 24.5 Å². The van der Waals surface area contributed by atoms with Crippen LogP contribution in [0.15, 0.2) is 42.7 Å². The Morgan fingerprint density at radius 3 is 2.73 bits per heavy atom. The molecule has 7 heteroatoms. The highest BCUT2D eigenvalue weighted by molar-refractivity contribution is 5.68. The fraction of sp³-hybridized carbons (Fsp3) is 0.316. The first-order chi connectivity index (χ1) is 12.5. The smallest absolute Gasteiger partial charge is 0.183 e. The third-order valence-electron chi connectivity index (χ3n) is 4.08. The van der Waals surface area contributed by atoms with Crippen molar-refractivity contribution in [3.05, 3.63) is 48.5 Å². The fourth-order valence-electron chi connectivity index (χ4n) is 2.59. The molecule has 0 bridgehead atoms. The number of halogens is 1. The van der Waals surface area contributed by atoms with Crippen molar-refractivity contribution in [3.63, 3.8) is 0 Å². The minimum Gasteiger partial charge on any atom is -0.391 e. The molecule has 26 heavy (non-hydrogen) atoms. The molecule has 2 heterocycles. The molecule has 0 aliphatic carbocycles. The van der Waals surface area contributed by atoms with Crippen molar-refractivity contribution >= 4 is 5.82 Å². The van der Waals surface area contributed by atoms with Crippen LogP contribution in [-0.2, 0) is 6.54 Å². The molecule has 2 aromatic heterocycles. The molecule has 1 N–H and O–H groups in total. The lowest BCUT2D eigenvalue weighted by atomic mass is 10.1. The monoisotopic (exact) mass is 355 g/mol. The number of hydrogen-bond acceptors (Lipinski definition) is 5. The van der Waals surface area contributed by atoms with Gasteiger partial charge in [0.15, 0.2) is 17.5 Å². The topological polar surface area (TPSA) is 67.1 Å². The highest BCUT2D eigenvalue weighted by atomic mass is 19.1. The largest absolute Gasteiger partial charge is 0.391 e. The molecule has 0 radical (unpaired) electrons. The van der Waals surface area contributed by atoms with E-state index in [1.807, 2.05) is 43.5 Å². The number of benzene rings is 1. The van der Waals surface area contributed by atoms with Crippen LogP contribution in [0.4, 0.5) is 10.2 Å². The molecule has 1 unspecified atom stereocenters. The summed E-state index contributed by atoms with van der Waals surface area (Å²) >= 11 is 0. The van der Waals surface area contributed by atoms with E-state index >= 15 is 0 Å². The van der Waals surface area contributed by atoms with E-state index in [4.69, 9.17) is 0 Å². The van der Waals surface area contributed by atoms with Crippen LogP contribution in [0.1, 0.15) is 13.3 Å². The summed E-state index contributed by atoms with van der Waals surface area (Å²) in [5.74, 6) is 0.249. The van der Waals surface area contributed by atoms with Crippen molar-refractivity contribution in [2.75, 3.05) is 19.0 Å². The zero-order chi connectivity index (χ0) is 18.7. The first kappa shape index (κ1) is 18.0. The molecule has 0 spiro atoms. The molecular weight excluding hydrogens is 333 g/mol. The number of aliphatic hydroxyl groups excluding tert-OH is 1. The van der Waals surface area contributed by atoms with E-state index in [1.54, 1.807) is 23.7 Å². The van der Waals surface area contributed by atoms with Crippen LogP contribution in [0.2, 0.25) is 0 Å². The van der Waals surface area contributed by atoms with Crippen LogP contribution in [0.3, 0.4) is 0 Å². The Labute approximate surface area is 152 Å². The van der Waals surface area contributed by atoms with Gasteiger partial charge < -0.3 is 10.0 Å². The zero-order valence-electron chi connectivity index (χ0n) is 15.1.